The monoisotopic (exact) mass is 185 g/mol. The van der Waals surface area contributed by atoms with Crippen LogP contribution in [0.2, 0.25) is 0 Å². The predicted octanol–water partition coefficient (Wildman–Crippen LogP) is 1.60. The number of rotatable bonds is 2. The van der Waals surface area contributed by atoms with Gasteiger partial charge in [0, 0.05) is 0 Å². The fraction of sp³-hybridized carbons (Fsp3) is 0.900. The fourth-order valence-electron chi connectivity index (χ4n) is 2.08. The van der Waals surface area contributed by atoms with Gasteiger partial charge in [-0.05, 0) is 18.8 Å². The molecule has 0 aromatic heterocycles. The lowest BCUT2D eigenvalue weighted by molar-refractivity contribution is -0.146. The molecule has 1 saturated carbocycles. The molecule has 1 aliphatic carbocycles. The van der Waals surface area contributed by atoms with Crippen molar-refractivity contribution in [1.29, 1.82) is 0 Å². The van der Waals surface area contributed by atoms with Crippen molar-refractivity contribution < 1.29 is 9.18 Å². The van der Waals surface area contributed by atoms with Gasteiger partial charge in [0.1, 0.15) is 6.17 Å². The van der Waals surface area contributed by atoms with E-state index in [4.69, 9.17) is 0 Å². The van der Waals surface area contributed by atoms with Crippen LogP contribution in [0.5, 0.6) is 0 Å². The average molecular weight is 185 g/mol. The largest absolute Gasteiger partial charge is 0.336 e. The van der Waals surface area contributed by atoms with Crippen LogP contribution in [0.4, 0.5) is 4.39 Å². The van der Waals surface area contributed by atoms with Crippen LogP contribution in [0.25, 0.3) is 0 Å². The first-order chi connectivity index (χ1) is 6.06. The maximum Gasteiger partial charge on any atom is 0.229 e. The van der Waals surface area contributed by atoms with Gasteiger partial charge >= 0.3 is 0 Å². The second kappa shape index (κ2) is 2.69. The van der Waals surface area contributed by atoms with Gasteiger partial charge in [-0.1, -0.05) is 13.8 Å². The van der Waals surface area contributed by atoms with E-state index >= 15 is 0 Å². The molecule has 1 amide bonds. The summed E-state index contributed by atoms with van der Waals surface area (Å²) in [6, 6.07) is 0. The quantitative estimate of drug-likeness (QED) is 0.640. The molecule has 2 aliphatic rings. The Balaban J connectivity index is 1.98. The predicted molar refractivity (Wildman–Crippen MR) is 48.0 cm³/mol. The third kappa shape index (κ3) is 1.25. The van der Waals surface area contributed by atoms with E-state index in [2.05, 4.69) is 13.8 Å². The zero-order valence-corrected chi connectivity index (χ0v) is 8.22. The number of nitrogens with zero attached hydrogens (tertiary/aromatic N) is 1. The van der Waals surface area contributed by atoms with Crippen LogP contribution >= 0.6 is 0 Å². The highest BCUT2D eigenvalue weighted by Gasteiger charge is 2.55. The number of hydrogen-bond donors (Lipinski definition) is 0. The molecule has 1 aliphatic heterocycles. The number of halogens is 1. The van der Waals surface area contributed by atoms with Gasteiger partial charge in [0.2, 0.25) is 5.91 Å². The Hall–Kier alpha value is -0.600. The Morgan fingerprint density at radius 1 is 1.46 bits per heavy atom. The van der Waals surface area contributed by atoms with E-state index in [-0.39, 0.29) is 11.3 Å². The van der Waals surface area contributed by atoms with E-state index in [9.17, 15) is 9.18 Å². The molecule has 0 radical (unpaired) electrons. The molecule has 0 aromatic rings. The van der Waals surface area contributed by atoms with Gasteiger partial charge in [0.25, 0.3) is 0 Å². The van der Waals surface area contributed by atoms with Crippen molar-refractivity contribution in [3.63, 3.8) is 0 Å². The standard InChI is InChI=1S/C10H16FNO/c1-7(2)10(3-4-10)9(13)12-5-8(11)6-12/h7-8H,3-6H2,1-2H3. The van der Waals surface area contributed by atoms with Crippen molar-refractivity contribution in [2.24, 2.45) is 11.3 Å². The van der Waals surface area contributed by atoms with Gasteiger partial charge in [-0.3, -0.25) is 4.79 Å². The number of carbonyl (C=O) groups excluding carboxylic acids is 1. The minimum Gasteiger partial charge on any atom is -0.336 e. The molecular weight excluding hydrogens is 169 g/mol. The van der Waals surface area contributed by atoms with Crippen LogP contribution in [0, 0.1) is 11.3 Å². The van der Waals surface area contributed by atoms with Gasteiger partial charge in [-0.25, -0.2) is 4.39 Å². The van der Waals surface area contributed by atoms with Crippen molar-refractivity contribution in [2.45, 2.75) is 32.9 Å². The second-order valence-electron chi connectivity index (χ2n) is 4.62. The Kier molecular flexibility index (Phi) is 1.86. The molecule has 1 heterocycles. The maximum atomic E-state index is 12.5. The molecule has 0 unspecified atom stereocenters. The van der Waals surface area contributed by atoms with Gasteiger partial charge < -0.3 is 4.90 Å². The number of hydrogen-bond acceptors (Lipinski definition) is 1. The van der Waals surface area contributed by atoms with Crippen molar-refractivity contribution in [3.05, 3.63) is 0 Å². The summed E-state index contributed by atoms with van der Waals surface area (Å²) in [6.07, 6.45) is 1.22. The maximum absolute atomic E-state index is 12.5. The van der Waals surface area contributed by atoms with Gasteiger partial charge in [0.05, 0.1) is 18.5 Å². The zero-order valence-electron chi connectivity index (χ0n) is 8.22. The van der Waals surface area contributed by atoms with Crippen LogP contribution in [-0.4, -0.2) is 30.1 Å². The molecule has 0 atom stereocenters. The van der Waals surface area contributed by atoms with Crippen LogP contribution < -0.4 is 0 Å². The van der Waals surface area contributed by atoms with E-state index < -0.39 is 6.17 Å². The Morgan fingerprint density at radius 2 is 2.00 bits per heavy atom. The lowest BCUT2D eigenvalue weighted by Gasteiger charge is -2.38. The van der Waals surface area contributed by atoms with Gasteiger partial charge in [-0.15, -0.1) is 0 Å². The minimum absolute atomic E-state index is 0.111. The van der Waals surface area contributed by atoms with Crippen molar-refractivity contribution in [3.8, 4) is 0 Å². The van der Waals surface area contributed by atoms with Crippen LogP contribution in [0.15, 0.2) is 0 Å². The summed E-state index contributed by atoms with van der Waals surface area (Å²) in [7, 11) is 0. The molecule has 2 rings (SSSR count). The first kappa shape index (κ1) is 8.97. The molecule has 0 aromatic carbocycles. The van der Waals surface area contributed by atoms with E-state index in [0.717, 1.165) is 12.8 Å². The molecule has 1 saturated heterocycles. The third-order valence-corrected chi connectivity index (χ3v) is 3.44. The van der Waals surface area contributed by atoms with Crippen molar-refractivity contribution in [1.82, 2.24) is 4.90 Å². The summed E-state index contributed by atoms with van der Waals surface area (Å²) in [5, 5.41) is 0. The number of alkyl halides is 1. The SMILES string of the molecule is CC(C)C1(C(=O)N2CC(F)C2)CC1. The van der Waals surface area contributed by atoms with Gasteiger partial charge in [-0.2, -0.15) is 0 Å². The Bertz CT molecular complexity index is 229. The highest BCUT2D eigenvalue weighted by Crippen LogP contribution is 2.53. The molecule has 0 bridgehead atoms. The summed E-state index contributed by atoms with van der Waals surface area (Å²) in [5.41, 5.74) is -0.111. The first-order valence-corrected chi connectivity index (χ1v) is 5.00. The molecule has 74 valence electrons. The highest BCUT2D eigenvalue weighted by molar-refractivity contribution is 5.86. The molecule has 3 heteroatoms. The van der Waals surface area contributed by atoms with Crippen LogP contribution in [-0.2, 0) is 4.79 Å². The second-order valence-corrected chi connectivity index (χ2v) is 4.62. The summed E-state index contributed by atoms with van der Waals surface area (Å²) in [5.74, 6) is 0.593. The average Bonchev–Trinajstić information content (AvgIpc) is 2.77. The fourth-order valence-corrected chi connectivity index (χ4v) is 2.08. The van der Waals surface area contributed by atoms with E-state index in [0.29, 0.717) is 19.0 Å². The number of amides is 1. The van der Waals surface area contributed by atoms with E-state index in [1.807, 2.05) is 0 Å². The molecule has 0 spiro atoms. The van der Waals surface area contributed by atoms with E-state index in [1.54, 1.807) is 4.90 Å². The Labute approximate surface area is 78.1 Å². The van der Waals surface area contributed by atoms with Crippen molar-refractivity contribution >= 4 is 5.91 Å². The smallest absolute Gasteiger partial charge is 0.229 e. The lowest BCUT2D eigenvalue weighted by atomic mass is 9.90. The number of carbonyl (C=O) groups is 1. The summed E-state index contributed by atoms with van der Waals surface area (Å²) >= 11 is 0. The molecule has 13 heavy (non-hydrogen) atoms. The Morgan fingerprint density at radius 3 is 2.31 bits per heavy atom. The topological polar surface area (TPSA) is 20.3 Å². The van der Waals surface area contributed by atoms with E-state index in [1.165, 1.54) is 0 Å². The van der Waals surface area contributed by atoms with Gasteiger partial charge in [0.15, 0.2) is 0 Å². The summed E-state index contributed by atoms with van der Waals surface area (Å²) in [4.78, 5) is 13.5. The van der Waals surface area contributed by atoms with Crippen molar-refractivity contribution in [2.75, 3.05) is 13.1 Å². The first-order valence-electron chi connectivity index (χ1n) is 5.00. The van der Waals surface area contributed by atoms with Crippen LogP contribution in [0.3, 0.4) is 0 Å². The third-order valence-electron chi connectivity index (χ3n) is 3.44. The molecule has 2 nitrogen and oxygen atoms in total. The summed E-state index contributed by atoms with van der Waals surface area (Å²) < 4.78 is 12.5. The molecular formula is C10H16FNO. The highest BCUT2D eigenvalue weighted by atomic mass is 19.1. The normalized spacial score (nSPS) is 26.0. The zero-order chi connectivity index (χ0) is 9.64. The number of likely N-dealkylation sites (tertiary alicyclic amines) is 1. The molecule has 0 N–H and O–H groups in total. The minimum atomic E-state index is -0.771. The lowest BCUT2D eigenvalue weighted by Crippen LogP contribution is -2.54. The molecule has 2 fully saturated rings. The van der Waals surface area contributed by atoms with Crippen LogP contribution in [0.1, 0.15) is 26.7 Å². The summed E-state index contributed by atoms with van der Waals surface area (Å²) in [6.45, 7) is 4.82.